The summed E-state index contributed by atoms with van der Waals surface area (Å²) in [4.78, 5) is 24.6. The lowest BCUT2D eigenvalue weighted by Gasteiger charge is -2.32. The van der Waals surface area contributed by atoms with Gasteiger partial charge in [0, 0.05) is 19.6 Å². The molecule has 0 aliphatic carbocycles. The topological polar surface area (TPSA) is 76.1 Å². The van der Waals surface area contributed by atoms with Crippen LogP contribution in [0.2, 0.25) is 0 Å². The van der Waals surface area contributed by atoms with E-state index in [9.17, 15) is 9.59 Å². The molecule has 1 saturated heterocycles. The number of carbonyl (C=O) groups excluding carboxylic acids is 1. The number of morpholine rings is 1. The summed E-state index contributed by atoms with van der Waals surface area (Å²) >= 11 is 0. The van der Waals surface area contributed by atoms with Crippen LogP contribution in [0.15, 0.2) is 30.3 Å². The predicted molar refractivity (Wildman–Crippen MR) is 84.2 cm³/mol. The molecule has 0 bridgehead atoms. The van der Waals surface area contributed by atoms with Crippen molar-refractivity contribution in [3.05, 3.63) is 35.9 Å². The maximum atomic E-state index is 12.1. The molecular weight excluding hydrogens is 298 g/mol. The maximum absolute atomic E-state index is 12.1. The van der Waals surface area contributed by atoms with Gasteiger partial charge < -0.3 is 19.5 Å². The van der Waals surface area contributed by atoms with Crippen molar-refractivity contribution < 1.29 is 24.2 Å². The summed E-state index contributed by atoms with van der Waals surface area (Å²) in [5.74, 6) is -1.16. The maximum Gasteiger partial charge on any atom is 0.328 e. The standard InChI is InChI=1S/C17H23NO5/c19-16(18-9-12-23-13-15(18)17(20)21)7-4-10-22-11-8-14-5-2-1-3-6-14/h1-3,5-6,15H,4,7-13H2,(H,20,21). The van der Waals surface area contributed by atoms with Gasteiger partial charge in [-0.2, -0.15) is 0 Å². The Morgan fingerprint density at radius 3 is 2.78 bits per heavy atom. The summed E-state index contributed by atoms with van der Waals surface area (Å²) in [5.41, 5.74) is 1.22. The van der Waals surface area contributed by atoms with E-state index in [2.05, 4.69) is 12.1 Å². The fourth-order valence-electron chi connectivity index (χ4n) is 2.51. The number of carboxylic acids is 1. The number of ether oxygens (including phenoxy) is 2. The van der Waals surface area contributed by atoms with Gasteiger partial charge in [0.1, 0.15) is 0 Å². The van der Waals surface area contributed by atoms with Crippen LogP contribution in [-0.4, -0.2) is 60.9 Å². The molecule has 1 aromatic rings. The number of amides is 1. The van der Waals surface area contributed by atoms with E-state index in [-0.39, 0.29) is 12.5 Å². The Kier molecular flexibility index (Phi) is 7.03. The van der Waals surface area contributed by atoms with E-state index in [4.69, 9.17) is 14.6 Å². The van der Waals surface area contributed by atoms with E-state index in [1.165, 1.54) is 10.5 Å². The molecule has 1 aliphatic heterocycles. The molecule has 6 nitrogen and oxygen atoms in total. The highest BCUT2D eigenvalue weighted by atomic mass is 16.5. The molecule has 1 unspecified atom stereocenters. The molecule has 1 N–H and O–H groups in total. The van der Waals surface area contributed by atoms with E-state index in [1.807, 2.05) is 18.2 Å². The van der Waals surface area contributed by atoms with Crippen LogP contribution in [0.3, 0.4) is 0 Å². The summed E-state index contributed by atoms with van der Waals surface area (Å²) in [5, 5.41) is 9.11. The molecule has 1 heterocycles. The molecule has 23 heavy (non-hydrogen) atoms. The van der Waals surface area contributed by atoms with Gasteiger partial charge in [-0.3, -0.25) is 4.79 Å². The van der Waals surface area contributed by atoms with Gasteiger partial charge in [0.2, 0.25) is 5.91 Å². The number of benzene rings is 1. The second-order valence-corrected chi connectivity index (χ2v) is 5.47. The van der Waals surface area contributed by atoms with Crippen molar-refractivity contribution in [3.8, 4) is 0 Å². The van der Waals surface area contributed by atoms with E-state index in [0.717, 1.165) is 6.42 Å². The van der Waals surface area contributed by atoms with Gasteiger partial charge in [-0.25, -0.2) is 4.79 Å². The largest absolute Gasteiger partial charge is 0.480 e. The third-order valence-corrected chi connectivity index (χ3v) is 3.79. The number of nitrogens with zero attached hydrogens (tertiary/aromatic N) is 1. The third kappa shape index (κ3) is 5.65. The Labute approximate surface area is 136 Å². The monoisotopic (exact) mass is 321 g/mol. The average Bonchev–Trinajstić information content (AvgIpc) is 2.58. The molecule has 0 aromatic heterocycles. The molecule has 1 amide bonds. The number of carbonyl (C=O) groups is 2. The fourth-order valence-corrected chi connectivity index (χ4v) is 2.51. The molecule has 0 saturated carbocycles. The van der Waals surface area contributed by atoms with Crippen LogP contribution >= 0.6 is 0 Å². The van der Waals surface area contributed by atoms with Gasteiger partial charge in [-0.1, -0.05) is 30.3 Å². The summed E-state index contributed by atoms with van der Waals surface area (Å²) in [6.45, 7) is 1.91. The first-order valence-corrected chi connectivity index (χ1v) is 7.90. The van der Waals surface area contributed by atoms with Gasteiger partial charge in [0.25, 0.3) is 0 Å². The zero-order valence-corrected chi connectivity index (χ0v) is 13.1. The average molecular weight is 321 g/mol. The van der Waals surface area contributed by atoms with E-state index >= 15 is 0 Å². The number of carboxylic acid groups (broad SMARTS) is 1. The highest BCUT2D eigenvalue weighted by Gasteiger charge is 2.32. The van der Waals surface area contributed by atoms with Crippen LogP contribution in [-0.2, 0) is 25.5 Å². The molecule has 1 aromatic carbocycles. The smallest absolute Gasteiger partial charge is 0.328 e. The quantitative estimate of drug-likeness (QED) is 0.731. The molecule has 6 heteroatoms. The SMILES string of the molecule is O=C(O)C1COCCN1C(=O)CCCOCCc1ccccc1. The molecule has 1 atom stereocenters. The molecule has 126 valence electrons. The van der Waals surface area contributed by atoms with Crippen LogP contribution < -0.4 is 0 Å². The highest BCUT2D eigenvalue weighted by molar-refractivity contribution is 5.83. The molecule has 0 radical (unpaired) electrons. The predicted octanol–water partition coefficient (Wildman–Crippen LogP) is 1.34. The normalized spacial score (nSPS) is 17.9. The first kappa shape index (κ1) is 17.4. The second-order valence-electron chi connectivity index (χ2n) is 5.47. The summed E-state index contributed by atoms with van der Waals surface area (Å²) in [7, 11) is 0. The van der Waals surface area contributed by atoms with Gasteiger partial charge >= 0.3 is 5.97 Å². The lowest BCUT2D eigenvalue weighted by Crippen LogP contribution is -2.52. The van der Waals surface area contributed by atoms with Crippen LogP contribution in [0.4, 0.5) is 0 Å². The van der Waals surface area contributed by atoms with Crippen molar-refractivity contribution in [2.45, 2.75) is 25.3 Å². The van der Waals surface area contributed by atoms with Crippen LogP contribution in [0.5, 0.6) is 0 Å². The van der Waals surface area contributed by atoms with E-state index in [1.54, 1.807) is 0 Å². The number of hydrogen-bond acceptors (Lipinski definition) is 4. The third-order valence-electron chi connectivity index (χ3n) is 3.79. The Bertz CT molecular complexity index is 505. The minimum Gasteiger partial charge on any atom is -0.480 e. The molecule has 2 rings (SSSR count). The Morgan fingerprint density at radius 2 is 2.04 bits per heavy atom. The van der Waals surface area contributed by atoms with Crippen molar-refractivity contribution in [2.75, 3.05) is 33.0 Å². The highest BCUT2D eigenvalue weighted by Crippen LogP contribution is 2.10. The van der Waals surface area contributed by atoms with Gasteiger partial charge in [0.15, 0.2) is 6.04 Å². The zero-order chi connectivity index (χ0) is 16.5. The Hall–Kier alpha value is -1.92. The number of rotatable bonds is 8. The Morgan fingerprint density at radius 1 is 1.26 bits per heavy atom. The summed E-state index contributed by atoms with van der Waals surface area (Å²) in [6, 6.07) is 9.21. The minimum absolute atomic E-state index is 0.0641. The molecular formula is C17H23NO5. The van der Waals surface area contributed by atoms with Crippen LogP contribution in [0.1, 0.15) is 18.4 Å². The van der Waals surface area contributed by atoms with Crippen molar-refractivity contribution in [1.82, 2.24) is 4.90 Å². The summed E-state index contributed by atoms with van der Waals surface area (Å²) in [6.07, 6.45) is 1.74. The van der Waals surface area contributed by atoms with Gasteiger partial charge in [-0.05, 0) is 18.4 Å². The molecule has 1 aliphatic rings. The lowest BCUT2D eigenvalue weighted by atomic mass is 10.2. The minimum atomic E-state index is -1.02. The van der Waals surface area contributed by atoms with E-state index in [0.29, 0.717) is 39.2 Å². The van der Waals surface area contributed by atoms with Crippen LogP contribution in [0.25, 0.3) is 0 Å². The van der Waals surface area contributed by atoms with Gasteiger partial charge in [-0.15, -0.1) is 0 Å². The Balaban J connectivity index is 1.61. The van der Waals surface area contributed by atoms with Crippen molar-refractivity contribution in [2.24, 2.45) is 0 Å². The van der Waals surface area contributed by atoms with Gasteiger partial charge in [0.05, 0.1) is 19.8 Å². The molecule has 1 fully saturated rings. The number of aliphatic carboxylic acids is 1. The second kappa shape index (κ2) is 9.27. The van der Waals surface area contributed by atoms with E-state index < -0.39 is 12.0 Å². The molecule has 0 spiro atoms. The van der Waals surface area contributed by atoms with Crippen LogP contribution in [0, 0.1) is 0 Å². The zero-order valence-electron chi connectivity index (χ0n) is 13.1. The first-order chi connectivity index (χ1) is 11.2. The number of hydrogen-bond donors (Lipinski definition) is 1. The van der Waals surface area contributed by atoms with Crippen molar-refractivity contribution in [3.63, 3.8) is 0 Å². The van der Waals surface area contributed by atoms with Crippen molar-refractivity contribution >= 4 is 11.9 Å². The van der Waals surface area contributed by atoms with Crippen molar-refractivity contribution in [1.29, 1.82) is 0 Å². The summed E-state index contributed by atoms with van der Waals surface area (Å²) < 4.78 is 10.7. The fraction of sp³-hybridized carbons (Fsp3) is 0.529. The lowest BCUT2D eigenvalue weighted by molar-refractivity contribution is -0.158. The first-order valence-electron chi connectivity index (χ1n) is 7.90.